The third kappa shape index (κ3) is 6.01. The lowest BCUT2D eigenvalue weighted by Crippen LogP contribution is -2.48. The lowest BCUT2D eigenvalue weighted by molar-refractivity contribution is -0.192. The Labute approximate surface area is 182 Å². The van der Waals surface area contributed by atoms with Crippen LogP contribution in [0.25, 0.3) is 10.8 Å². The van der Waals surface area contributed by atoms with Gasteiger partial charge in [-0.2, -0.15) is 13.2 Å². The second-order valence-corrected chi connectivity index (χ2v) is 7.07. The lowest BCUT2D eigenvalue weighted by atomic mass is 10.1. The molecule has 0 saturated carbocycles. The van der Waals surface area contributed by atoms with Crippen LogP contribution in [-0.2, 0) is 11.3 Å². The van der Waals surface area contributed by atoms with Gasteiger partial charge < -0.3 is 10.0 Å². The second-order valence-electron chi connectivity index (χ2n) is 7.07. The van der Waals surface area contributed by atoms with E-state index in [-0.39, 0.29) is 5.91 Å². The molecule has 0 unspecified atom stereocenters. The molecule has 0 bridgehead atoms. The number of carboxylic acid groups (broad SMARTS) is 1. The SMILES string of the molecule is O=C(O)C(F)(F)F.O=C(c1nccc2ccccc12)N1CCN(Cc2ccccn2)CC1. The van der Waals surface area contributed by atoms with E-state index in [1.165, 1.54) is 0 Å². The summed E-state index contributed by atoms with van der Waals surface area (Å²) in [6.07, 6.45) is -1.55. The molecular weight excluding hydrogens is 425 g/mol. The first-order valence-corrected chi connectivity index (χ1v) is 9.81. The van der Waals surface area contributed by atoms with Gasteiger partial charge in [-0.05, 0) is 23.6 Å². The molecule has 0 spiro atoms. The fourth-order valence-corrected chi connectivity index (χ4v) is 3.27. The number of pyridine rings is 2. The molecule has 168 valence electrons. The van der Waals surface area contributed by atoms with E-state index in [1.54, 1.807) is 6.20 Å². The van der Waals surface area contributed by atoms with Crippen molar-refractivity contribution in [1.82, 2.24) is 19.8 Å². The summed E-state index contributed by atoms with van der Waals surface area (Å²) < 4.78 is 31.7. The minimum atomic E-state index is -5.08. The number of halogens is 3. The zero-order valence-corrected chi connectivity index (χ0v) is 17.0. The summed E-state index contributed by atoms with van der Waals surface area (Å²) in [6.45, 7) is 3.97. The van der Waals surface area contributed by atoms with Crippen LogP contribution in [0, 0.1) is 0 Å². The first-order valence-electron chi connectivity index (χ1n) is 9.81. The number of carbonyl (C=O) groups excluding carboxylic acids is 1. The number of piperazine rings is 1. The number of benzene rings is 1. The highest BCUT2D eigenvalue weighted by Gasteiger charge is 2.38. The van der Waals surface area contributed by atoms with Gasteiger partial charge in [-0.15, -0.1) is 0 Å². The highest BCUT2D eigenvalue weighted by atomic mass is 19.4. The summed E-state index contributed by atoms with van der Waals surface area (Å²) in [5, 5.41) is 9.10. The Bertz CT molecular complexity index is 1060. The fraction of sp³-hybridized carbons (Fsp3) is 0.273. The molecule has 10 heteroatoms. The van der Waals surface area contributed by atoms with E-state index in [4.69, 9.17) is 9.90 Å². The highest BCUT2D eigenvalue weighted by molar-refractivity contribution is 6.05. The average molecular weight is 446 g/mol. The molecule has 0 radical (unpaired) electrons. The van der Waals surface area contributed by atoms with Gasteiger partial charge in [-0.25, -0.2) is 4.79 Å². The van der Waals surface area contributed by atoms with Crippen molar-refractivity contribution >= 4 is 22.6 Å². The van der Waals surface area contributed by atoms with Crippen LogP contribution in [0.3, 0.4) is 0 Å². The Balaban J connectivity index is 0.000000360. The molecule has 0 aliphatic carbocycles. The van der Waals surface area contributed by atoms with Gasteiger partial charge >= 0.3 is 12.1 Å². The third-order valence-electron chi connectivity index (χ3n) is 4.89. The minimum Gasteiger partial charge on any atom is -0.475 e. The monoisotopic (exact) mass is 446 g/mol. The smallest absolute Gasteiger partial charge is 0.475 e. The molecule has 1 saturated heterocycles. The number of carbonyl (C=O) groups is 2. The van der Waals surface area contributed by atoms with Gasteiger partial charge in [-0.3, -0.25) is 19.7 Å². The zero-order chi connectivity index (χ0) is 23.1. The van der Waals surface area contributed by atoms with E-state index in [2.05, 4.69) is 14.9 Å². The van der Waals surface area contributed by atoms with Crippen LogP contribution >= 0.6 is 0 Å². The topological polar surface area (TPSA) is 86.6 Å². The quantitative estimate of drug-likeness (QED) is 0.665. The summed E-state index contributed by atoms with van der Waals surface area (Å²) in [5.74, 6) is -2.73. The van der Waals surface area contributed by atoms with Crippen LogP contribution in [0.15, 0.2) is 60.9 Å². The van der Waals surface area contributed by atoms with E-state index in [1.807, 2.05) is 59.6 Å². The number of aromatic nitrogens is 2. The first-order chi connectivity index (χ1) is 15.3. The van der Waals surface area contributed by atoms with E-state index >= 15 is 0 Å². The average Bonchev–Trinajstić information content (AvgIpc) is 2.79. The molecule has 3 aromatic rings. The molecule has 1 aromatic carbocycles. The molecule has 1 aliphatic rings. The summed E-state index contributed by atoms with van der Waals surface area (Å²) in [7, 11) is 0. The third-order valence-corrected chi connectivity index (χ3v) is 4.89. The van der Waals surface area contributed by atoms with E-state index in [9.17, 15) is 18.0 Å². The van der Waals surface area contributed by atoms with E-state index < -0.39 is 12.1 Å². The number of hydrogen-bond donors (Lipinski definition) is 1. The van der Waals surface area contributed by atoms with Crippen molar-refractivity contribution in [3.63, 3.8) is 0 Å². The van der Waals surface area contributed by atoms with Crippen molar-refractivity contribution in [3.8, 4) is 0 Å². The molecule has 1 aliphatic heterocycles. The summed E-state index contributed by atoms with van der Waals surface area (Å²) in [5.41, 5.74) is 1.62. The van der Waals surface area contributed by atoms with Crippen LogP contribution in [0.2, 0.25) is 0 Å². The summed E-state index contributed by atoms with van der Waals surface area (Å²) >= 11 is 0. The van der Waals surface area contributed by atoms with Gasteiger partial charge in [0.15, 0.2) is 0 Å². The maximum absolute atomic E-state index is 12.9. The van der Waals surface area contributed by atoms with Gasteiger partial charge in [0.05, 0.1) is 5.69 Å². The Morgan fingerprint density at radius 2 is 1.56 bits per heavy atom. The van der Waals surface area contributed by atoms with Gasteiger partial charge in [0.1, 0.15) is 5.69 Å². The van der Waals surface area contributed by atoms with Crippen molar-refractivity contribution < 1.29 is 27.9 Å². The predicted octanol–water partition coefficient (Wildman–Crippen LogP) is 3.22. The molecule has 1 amide bonds. The Morgan fingerprint density at radius 1 is 0.906 bits per heavy atom. The minimum absolute atomic E-state index is 0.0225. The fourth-order valence-electron chi connectivity index (χ4n) is 3.27. The number of carboxylic acids is 1. The molecule has 7 nitrogen and oxygen atoms in total. The van der Waals surface area contributed by atoms with Crippen molar-refractivity contribution in [2.75, 3.05) is 26.2 Å². The molecule has 1 N–H and O–H groups in total. The molecule has 1 fully saturated rings. The van der Waals surface area contributed by atoms with E-state index in [0.717, 1.165) is 49.2 Å². The molecule has 4 rings (SSSR count). The zero-order valence-electron chi connectivity index (χ0n) is 17.0. The molecule has 3 heterocycles. The summed E-state index contributed by atoms with van der Waals surface area (Å²) in [4.78, 5) is 34.8. The number of aliphatic carboxylic acids is 1. The van der Waals surface area contributed by atoms with Crippen LogP contribution in [0.5, 0.6) is 0 Å². The number of fused-ring (bicyclic) bond motifs is 1. The van der Waals surface area contributed by atoms with Crippen LogP contribution in [0.4, 0.5) is 13.2 Å². The van der Waals surface area contributed by atoms with E-state index in [0.29, 0.717) is 5.69 Å². The number of amides is 1. The van der Waals surface area contributed by atoms with Crippen LogP contribution in [0.1, 0.15) is 16.2 Å². The predicted molar refractivity (Wildman–Crippen MR) is 111 cm³/mol. The molecule has 2 aromatic heterocycles. The Hall–Kier alpha value is -3.53. The maximum Gasteiger partial charge on any atom is 0.490 e. The second kappa shape index (κ2) is 10.2. The van der Waals surface area contributed by atoms with Gasteiger partial charge in [0, 0.05) is 50.5 Å². The molecule has 0 atom stereocenters. The largest absolute Gasteiger partial charge is 0.490 e. The normalized spacial score (nSPS) is 14.5. The van der Waals surface area contributed by atoms with Gasteiger partial charge in [0.25, 0.3) is 5.91 Å². The van der Waals surface area contributed by atoms with Crippen molar-refractivity contribution in [3.05, 3.63) is 72.3 Å². The van der Waals surface area contributed by atoms with Gasteiger partial charge in [0.2, 0.25) is 0 Å². The maximum atomic E-state index is 12.9. The standard InChI is InChI=1S/C20H20N4O.C2HF3O2/c25-20(19-18-7-2-1-5-16(18)8-10-22-19)24-13-11-23(12-14-24)15-17-6-3-4-9-21-17;3-2(4,5)1(6)7/h1-10H,11-15H2;(H,6,7). The molecule has 32 heavy (non-hydrogen) atoms. The number of hydrogen-bond acceptors (Lipinski definition) is 5. The number of rotatable bonds is 3. The van der Waals surface area contributed by atoms with Crippen molar-refractivity contribution in [2.45, 2.75) is 12.7 Å². The van der Waals surface area contributed by atoms with Gasteiger partial charge in [-0.1, -0.05) is 30.3 Å². The highest BCUT2D eigenvalue weighted by Crippen LogP contribution is 2.19. The van der Waals surface area contributed by atoms with Crippen molar-refractivity contribution in [2.24, 2.45) is 0 Å². The molecular formula is C22H21F3N4O3. The number of alkyl halides is 3. The Morgan fingerprint density at radius 3 is 2.19 bits per heavy atom. The van der Waals surface area contributed by atoms with Crippen molar-refractivity contribution in [1.29, 1.82) is 0 Å². The summed E-state index contributed by atoms with van der Waals surface area (Å²) in [6, 6.07) is 15.8. The van der Waals surface area contributed by atoms with Crippen LogP contribution in [-0.4, -0.2) is 69.1 Å². The first kappa shape index (κ1) is 23.1. The number of nitrogens with zero attached hydrogens (tertiary/aromatic N) is 4. The lowest BCUT2D eigenvalue weighted by Gasteiger charge is -2.34. The Kier molecular flexibility index (Phi) is 7.37. The van der Waals surface area contributed by atoms with Crippen LogP contribution < -0.4 is 0 Å².